The van der Waals surface area contributed by atoms with Crippen molar-refractivity contribution in [3.63, 3.8) is 0 Å². The fourth-order valence-corrected chi connectivity index (χ4v) is 3.56. The molecule has 2 heterocycles. The highest BCUT2D eigenvalue weighted by Gasteiger charge is 2.21. The first-order valence-electron chi connectivity index (χ1n) is 7.13. The molecule has 4 nitrogen and oxygen atoms in total. The Morgan fingerprint density at radius 3 is 3.05 bits per heavy atom. The maximum absolute atomic E-state index is 12.2. The zero-order valence-corrected chi connectivity index (χ0v) is 12.5. The van der Waals surface area contributed by atoms with Crippen LogP contribution in [0.25, 0.3) is 0 Å². The number of carbonyl (C=O) groups excluding carboxylic acids is 1. The molecule has 0 aliphatic heterocycles. The quantitative estimate of drug-likeness (QED) is 0.909. The van der Waals surface area contributed by atoms with Crippen LogP contribution in [0.3, 0.4) is 0 Å². The van der Waals surface area contributed by atoms with E-state index in [4.69, 9.17) is 0 Å². The summed E-state index contributed by atoms with van der Waals surface area (Å²) < 4.78 is 0. The molecule has 0 fully saturated rings. The molecule has 3 rings (SSSR count). The largest absolute Gasteiger partial charge is 0.350 e. The molecule has 2 N–H and O–H groups in total. The Kier molecular flexibility index (Phi) is 3.87. The second-order valence-corrected chi connectivity index (χ2v) is 6.63. The molecule has 0 bridgehead atoms. The summed E-state index contributed by atoms with van der Waals surface area (Å²) >= 11 is 1.79. The van der Waals surface area contributed by atoms with Crippen LogP contribution in [0.1, 0.15) is 44.3 Å². The van der Waals surface area contributed by atoms with Crippen LogP contribution >= 0.6 is 11.3 Å². The summed E-state index contributed by atoms with van der Waals surface area (Å²) in [6, 6.07) is 4.24. The molecule has 1 aliphatic carbocycles. The summed E-state index contributed by atoms with van der Waals surface area (Å²) in [5.74, 6) is -0.0438. The molecule has 106 valence electrons. The molecule has 1 aliphatic rings. The summed E-state index contributed by atoms with van der Waals surface area (Å²) in [6.07, 6.45) is 5.22. The van der Waals surface area contributed by atoms with Gasteiger partial charge in [-0.25, -0.2) is 0 Å². The average Bonchev–Trinajstić information content (AvgIpc) is 3.05. The van der Waals surface area contributed by atoms with Crippen LogP contribution in [0.4, 0.5) is 0 Å². The third-order valence-electron chi connectivity index (χ3n) is 3.72. The molecule has 5 heteroatoms. The maximum Gasteiger partial charge on any atom is 0.272 e. The number of aromatic nitrogens is 2. The van der Waals surface area contributed by atoms with Gasteiger partial charge in [-0.3, -0.25) is 9.89 Å². The second kappa shape index (κ2) is 5.79. The van der Waals surface area contributed by atoms with Crippen molar-refractivity contribution in [3.05, 3.63) is 38.8 Å². The number of aryl methyl sites for hydroxylation is 2. The fourth-order valence-electron chi connectivity index (χ4n) is 2.67. The number of H-pyrrole nitrogens is 1. The lowest BCUT2D eigenvalue weighted by atomic mass is 9.96. The lowest BCUT2D eigenvalue weighted by Crippen LogP contribution is -2.27. The molecule has 0 radical (unpaired) electrons. The molecule has 2 aromatic heterocycles. The third kappa shape index (κ3) is 2.77. The summed E-state index contributed by atoms with van der Waals surface area (Å²) in [5, 5.41) is 10.2. The Labute approximate surface area is 122 Å². The van der Waals surface area contributed by atoms with Crippen molar-refractivity contribution in [1.82, 2.24) is 15.5 Å². The van der Waals surface area contributed by atoms with Crippen LogP contribution in [0.5, 0.6) is 0 Å². The summed E-state index contributed by atoms with van der Waals surface area (Å²) in [4.78, 5) is 14.8. The molecular formula is C15H19N3OS. The number of nitrogens with zero attached hydrogens (tertiary/aromatic N) is 1. The zero-order chi connectivity index (χ0) is 13.9. The average molecular weight is 289 g/mol. The first-order chi connectivity index (χ1) is 9.74. The number of fused-ring (bicyclic) bond motifs is 1. The van der Waals surface area contributed by atoms with Gasteiger partial charge in [0.05, 0.1) is 0 Å². The normalized spacial score (nSPS) is 14.1. The Bertz CT molecular complexity index is 614. The molecule has 0 atom stereocenters. The predicted molar refractivity (Wildman–Crippen MR) is 80.3 cm³/mol. The molecule has 0 saturated carbocycles. The number of rotatable bonds is 4. The van der Waals surface area contributed by atoms with Crippen molar-refractivity contribution in [3.8, 4) is 0 Å². The van der Waals surface area contributed by atoms with Gasteiger partial charge in [0.2, 0.25) is 0 Å². The lowest BCUT2D eigenvalue weighted by molar-refractivity contribution is 0.0948. The van der Waals surface area contributed by atoms with Crippen LogP contribution in [0.15, 0.2) is 12.1 Å². The fraction of sp³-hybridized carbons (Fsp3) is 0.467. The molecule has 0 aromatic carbocycles. The predicted octanol–water partition coefficient (Wildman–Crippen LogP) is 2.63. The van der Waals surface area contributed by atoms with Gasteiger partial charge >= 0.3 is 0 Å². The Balaban J connectivity index is 1.58. The van der Waals surface area contributed by atoms with Crippen LogP contribution < -0.4 is 5.32 Å². The lowest BCUT2D eigenvalue weighted by Gasteiger charge is -2.11. The summed E-state index contributed by atoms with van der Waals surface area (Å²) in [6.45, 7) is 2.77. The van der Waals surface area contributed by atoms with Gasteiger partial charge in [-0.1, -0.05) is 0 Å². The Hall–Kier alpha value is -1.62. The van der Waals surface area contributed by atoms with E-state index in [1.165, 1.54) is 16.2 Å². The van der Waals surface area contributed by atoms with Crippen molar-refractivity contribution in [1.29, 1.82) is 0 Å². The Morgan fingerprint density at radius 2 is 2.25 bits per heavy atom. The second-order valence-electron chi connectivity index (χ2n) is 5.25. The van der Waals surface area contributed by atoms with E-state index in [9.17, 15) is 4.79 Å². The van der Waals surface area contributed by atoms with Crippen molar-refractivity contribution < 1.29 is 4.79 Å². The number of carbonyl (C=O) groups is 1. The number of hydrogen-bond acceptors (Lipinski definition) is 3. The SMILES string of the molecule is Cc1ccc(CCNC(=O)c2n[nH]c3c2CCCC3)s1. The highest BCUT2D eigenvalue weighted by Crippen LogP contribution is 2.22. The van der Waals surface area contributed by atoms with E-state index in [0.717, 1.165) is 36.9 Å². The standard InChI is InChI=1S/C15H19N3OS/c1-10-6-7-11(20-10)8-9-16-15(19)14-12-4-2-3-5-13(12)17-18-14/h6-7H,2-5,8-9H2,1H3,(H,16,19)(H,17,18). The smallest absolute Gasteiger partial charge is 0.272 e. The minimum Gasteiger partial charge on any atom is -0.350 e. The number of hydrogen-bond donors (Lipinski definition) is 2. The first-order valence-corrected chi connectivity index (χ1v) is 7.95. The maximum atomic E-state index is 12.2. The zero-order valence-electron chi connectivity index (χ0n) is 11.7. The van der Waals surface area contributed by atoms with E-state index in [1.807, 2.05) is 0 Å². The first kappa shape index (κ1) is 13.4. The van der Waals surface area contributed by atoms with Crippen LogP contribution in [-0.2, 0) is 19.3 Å². The summed E-state index contributed by atoms with van der Waals surface area (Å²) in [7, 11) is 0. The van der Waals surface area contributed by atoms with Crippen LogP contribution in [0, 0.1) is 6.92 Å². The van der Waals surface area contributed by atoms with Gasteiger partial charge in [-0.2, -0.15) is 5.10 Å². The Morgan fingerprint density at radius 1 is 1.40 bits per heavy atom. The van der Waals surface area contributed by atoms with Crippen LogP contribution in [0.2, 0.25) is 0 Å². The summed E-state index contributed by atoms with van der Waals surface area (Å²) in [5.41, 5.74) is 2.87. The van der Waals surface area contributed by atoms with E-state index in [0.29, 0.717) is 12.2 Å². The van der Waals surface area contributed by atoms with Gasteiger partial charge in [-0.05, 0) is 51.2 Å². The topological polar surface area (TPSA) is 57.8 Å². The number of amides is 1. The van der Waals surface area contributed by atoms with E-state index in [-0.39, 0.29) is 5.91 Å². The van der Waals surface area contributed by atoms with Gasteiger partial charge in [0.25, 0.3) is 5.91 Å². The minimum absolute atomic E-state index is 0.0438. The van der Waals surface area contributed by atoms with E-state index >= 15 is 0 Å². The number of thiophene rings is 1. The van der Waals surface area contributed by atoms with Crippen molar-refractivity contribution in [2.75, 3.05) is 6.54 Å². The van der Waals surface area contributed by atoms with Gasteiger partial charge in [0.1, 0.15) is 0 Å². The molecule has 0 saturated heterocycles. The van der Waals surface area contributed by atoms with Gasteiger partial charge < -0.3 is 5.32 Å². The highest BCUT2D eigenvalue weighted by molar-refractivity contribution is 7.11. The molecular weight excluding hydrogens is 270 g/mol. The molecule has 0 spiro atoms. The van der Waals surface area contributed by atoms with E-state index in [1.54, 1.807) is 11.3 Å². The van der Waals surface area contributed by atoms with E-state index < -0.39 is 0 Å². The van der Waals surface area contributed by atoms with E-state index in [2.05, 4.69) is 34.6 Å². The van der Waals surface area contributed by atoms with Gasteiger partial charge in [-0.15, -0.1) is 11.3 Å². The van der Waals surface area contributed by atoms with Crippen LogP contribution in [-0.4, -0.2) is 22.6 Å². The highest BCUT2D eigenvalue weighted by atomic mass is 32.1. The molecule has 1 amide bonds. The van der Waals surface area contributed by atoms with Gasteiger partial charge in [0.15, 0.2) is 5.69 Å². The molecule has 2 aromatic rings. The van der Waals surface area contributed by atoms with Gasteiger partial charge in [0, 0.05) is 27.6 Å². The van der Waals surface area contributed by atoms with Crippen molar-refractivity contribution >= 4 is 17.2 Å². The van der Waals surface area contributed by atoms with Crippen molar-refractivity contribution in [2.24, 2.45) is 0 Å². The molecule has 0 unspecified atom stereocenters. The molecule has 20 heavy (non-hydrogen) atoms. The van der Waals surface area contributed by atoms with Crippen molar-refractivity contribution in [2.45, 2.75) is 39.0 Å². The number of nitrogens with one attached hydrogen (secondary N) is 2. The monoisotopic (exact) mass is 289 g/mol. The minimum atomic E-state index is -0.0438. The number of aromatic amines is 1. The third-order valence-corrected chi connectivity index (χ3v) is 4.78.